The van der Waals surface area contributed by atoms with E-state index in [1.54, 1.807) is 12.1 Å². The van der Waals surface area contributed by atoms with Crippen LogP contribution in [0.4, 0.5) is 0 Å². The first kappa shape index (κ1) is 19.2. The molecule has 5 heteroatoms. The molecule has 2 unspecified atom stereocenters. The van der Waals surface area contributed by atoms with Crippen LogP contribution in [0.25, 0.3) is 0 Å². The third-order valence-corrected chi connectivity index (χ3v) is 3.87. The standard InChI is InChI=1S/C18H28N2O3/c1-5-15(10-11-21)19-18(23)16(12(2)3)20-17(22)14-8-6-13(4)7-9-14/h6-9,12,15-16,21H,5,10-11H2,1-4H3,(H,19,23)(H,20,22). The fourth-order valence-electron chi connectivity index (χ4n) is 2.29. The van der Waals surface area contributed by atoms with E-state index in [4.69, 9.17) is 5.11 Å². The van der Waals surface area contributed by atoms with Crippen molar-refractivity contribution in [3.8, 4) is 0 Å². The molecular formula is C18H28N2O3. The summed E-state index contributed by atoms with van der Waals surface area (Å²) < 4.78 is 0. The molecule has 0 fully saturated rings. The molecule has 0 aliphatic heterocycles. The lowest BCUT2D eigenvalue weighted by molar-refractivity contribution is -0.124. The Labute approximate surface area is 138 Å². The van der Waals surface area contributed by atoms with Crippen molar-refractivity contribution >= 4 is 11.8 Å². The molecule has 0 radical (unpaired) electrons. The number of carbonyl (C=O) groups excluding carboxylic acids is 2. The highest BCUT2D eigenvalue weighted by Gasteiger charge is 2.26. The summed E-state index contributed by atoms with van der Waals surface area (Å²) in [6.07, 6.45) is 1.25. The van der Waals surface area contributed by atoms with Crippen LogP contribution in [-0.2, 0) is 4.79 Å². The lowest BCUT2D eigenvalue weighted by Gasteiger charge is -2.25. The Morgan fingerprint density at radius 3 is 2.22 bits per heavy atom. The molecule has 2 atom stereocenters. The normalized spacial score (nSPS) is 13.5. The Morgan fingerprint density at radius 1 is 1.13 bits per heavy atom. The van der Waals surface area contributed by atoms with Crippen LogP contribution in [0.3, 0.4) is 0 Å². The fraction of sp³-hybridized carbons (Fsp3) is 0.556. The van der Waals surface area contributed by atoms with Gasteiger partial charge in [-0.3, -0.25) is 9.59 Å². The lowest BCUT2D eigenvalue weighted by Crippen LogP contribution is -2.52. The highest BCUT2D eigenvalue weighted by molar-refractivity contribution is 5.97. The molecule has 5 nitrogen and oxygen atoms in total. The molecule has 0 spiro atoms. The average Bonchev–Trinajstić information content (AvgIpc) is 2.52. The van der Waals surface area contributed by atoms with E-state index in [1.165, 1.54) is 0 Å². The van der Waals surface area contributed by atoms with Gasteiger partial charge in [0.2, 0.25) is 5.91 Å². The van der Waals surface area contributed by atoms with E-state index in [-0.39, 0.29) is 30.4 Å². The Bertz CT molecular complexity index is 512. The van der Waals surface area contributed by atoms with Crippen molar-refractivity contribution in [1.82, 2.24) is 10.6 Å². The molecule has 2 amide bonds. The van der Waals surface area contributed by atoms with E-state index in [9.17, 15) is 9.59 Å². The summed E-state index contributed by atoms with van der Waals surface area (Å²) >= 11 is 0. The smallest absolute Gasteiger partial charge is 0.251 e. The molecule has 0 aliphatic carbocycles. The van der Waals surface area contributed by atoms with E-state index >= 15 is 0 Å². The summed E-state index contributed by atoms with van der Waals surface area (Å²) in [7, 11) is 0. The van der Waals surface area contributed by atoms with Crippen LogP contribution in [-0.4, -0.2) is 35.6 Å². The van der Waals surface area contributed by atoms with Gasteiger partial charge in [-0.05, 0) is 37.8 Å². The van der Waals surface area contributed by atoms with Crippen LogP contribution in [0.2, 0.25) is 0 Å². The maximum Gasteiger partial charge on any atom is 0.251 e. The molecule has 0 heterocycles. The van der Waals surface area contributed by atoms with Gasteiger partial charge < -0.3 is 15.7 Å². The number of hydrogen-bond donors (Lipinski definition) is 3. The second kappa shape index (κ2) is 9.30. The van der Waals surface area contributed by atoms with E-state index in [0.717, 1.165) is 12.0 Å². The zero-order valence-electron chi connectivity index (χ0n) is 14.4. The topological polar surface area (TPSA) is 78.4 Å². The molecular weight excluding hydrogens is 292 g/mol. The van der Waals surface area contributed by atoms with Gasteiger partial charge in [0.05, 0.1) is 0 Å². The number of amides is 2. The molecule has 0 saturated heterocycles. The summed E-state index contributed by atoms with van der Waals surface area (Å²) in [4.78, 5) is 24.8. The highest BCUT2D eigenvalue weighted by atomic mass is 16.3. The first-order valence-corrected chi connectivity index (χ1v) is 8.17. The Balaban J connectivity index is 2.75. The minimum Gasteiger partial charge on any atom is -0.396 e. The second-order valence-corrected chi connectivity index (χ2v) is 6.19. The van der Waals surface area contributed by atoms with Crippen LogP contribution in [0.5, 0.6) is 0 Å². The molecule has 0 aliphatic rings. The minimum atomic E-state index is -0.600. The molecule has 1 rings (SSSR count). The first-order chi connectivity index (χ1) is 10.9. The largest absolute Gasteiger partial charge is 0.396 e. The van der Waals surface area contributed by atoms with Gasteiger partial charge in [0.1, 0.15) is 6.04 Å². The van der Waals surface area contributed by atoms with Gasteiger partial charge in [0.15, 0.2) is 0 Å². The van der Waals surface area contributed by atoms with Crippen molar-refractivity contribution in [2.24, 2.45) is 5.92 Å². The zero-order valence-corrected chi connectivity index (χ0v) is 14.4. The first-order valence-electron chi connectivity index (χ1n) is 8.17. The summed E-state index contributed by atoms with van der Waals surface area (Å²) in [5, 5.41) is 14.7. The average molecular weight is 320 g/mol. The molecule has 0 bridgehead atoms. The molecule has 0 aromatic heterocycles. The van der Waals surface area contributed by atoms with E-state index < -0.39 is 6.04 Å². The van der Waals surface area contributed by atoms with Gasteiger partial charge >= 0.3 is 0 Å². The van der Waals surface area contributed by atoms with Crippen LogP contribution in [0.15, 0.2) is 24.3 Å². The van der Waals surface area contributed by atoms with Gasteiger partial charge in [-0.25, -0.2) is 0 Å². The quantitative estimate of drug-likeness (QED) is 0.686. The molecule has 3 N–H and O–H groups in total. The molecule has 128 valence electrons. The van der Waals surface area contributed by atoms with Crippen molar-refractivity contribution in [3.63, 3.8) is 0 Å². The highest BCUT2D eigenvalue weighted by Crippen LogP contribution is 2.08. The van der Waals surface area contributed by atoms with E-state index in [2.05, 4.69) is 10.6 Å². The van der Waals surface area contributed by atoms with Crippen LogP contribution in [0, 0.1) is 12.8 Å². The second-order valence-electron chi connectivity index (χ2n) is 6.19. The molecule has 1 aromatic carbocycles. The Kier molecular flexibility index (Phi) is 7.75. The summed E-state index contributed by atoms with van der Waals surface area (Å²) in [5.74, 6) is -0.495. The van der Waals surface area contributed by atoms with Gasteiger partial charge in [-0.2, -0.15) is 0 Å². The number of hydrogen-bond acceptors (Lipinski definition) is 3. The van der Waals surface area contributed by atoms with Gasteiger partial charge in [-0.1, -0.05) is 38.5 Å². The molecule has 23 heavy (non-hydrogen) atoms. The van der Waals surface area contributed by atoms with E-state index in [1.807, 2.05) is 39.8 Å². The predicted molar refractivity (Wildman–Crippen MR) is 91.2 cm³/mol. The predicted octanol–water partition coefficient (Wildman–Crippen LogP) is 2.03. The Hall–Kier alpha value is -1.88. The summed E-state index contributed by atoms with van der Waals surface area (Å²) in [6, 6.07) is 6.56. The summed E-state index contributed by atoms with van der Waals surface area (Å²) in [5.41, 5.74) is 1.62. The Morgan fingerprint density at radius 2 is 1.74 bits per heavy atom. The van der Waals surface area contributed by atoms with Crippen LogP contribution >= 0.6 is 0 Å². The van der Waals surface area contributed by atoms with Gasteiger partial charge in [0.25, 0.3) is 5.91 Å². The van der Waals surface area contributed by atoms with Crippen molar-refractivity contribution in [2.75, 3.05) is 6.61 Å². The summed E-state index contributed by atoms with van der Waals surface area (Å²) in [6.45, 7) is 7.73. The number of aliphatic hydroxyl groups excluding tert-OH is 1. The molecule has 0 saturated carbocycles. The minimum absolute atomic E-state index is 0.0286. The van der Waals surface area contributed by atoms with Gasteiger partial charge in [-0.15, -0.1) is 0 Å². The molecule has 1 aromatic rings. The zero-order chi connectivity index (χ0) is 17.4. The number of benzene rings is 1. The van der Waals surface area contributed by atoms with Crippen LogP contribution < -0.4 is 10.6 Å². The number of carbonyl (C=O) groups is 2. The van der Waals surface area contributed by atoms with Crippen molar-refractivity contribution in [1.29, 1.82) is 0 Å². The third kappa shape index (κ3) is 6.02. The lowest BCUT2D eigenvalue weighted by atomic mass is 10.0. The fourth-order valence-corrected chi connectivity index (χ4v) is 2.29. The van der Waals surface area contributed by atoms with Gasteiger partial charge in [0, 0.05) is 18.2 Å². The number of nitrogens with one attached hydrogen (secondary N) is 2. The van der Waals surface area contributed by atoms with Crippen LogP contribution in [0.1, 0.15) is 49.5 Å². The maximum absolute atomic E-state index is 12.4. The van der Waals surface area contributed by atoms with Crippen molar-refractivity contribution in [3.05, 3.63) is 35.4 Å². The third-order valence-electron chi connectivity index (χ3n) is 3.87. The van der Waals surface area contributed by atoms with E-state index in [0.29, 0.717) is 12.0 Å². The number of rotatable bonds is 8. The monoisotopic (exact) mass is 320 g/mol. The SMILES string of the molecule is CCC(CCO)NC(=O)C(NC(=O)c1ccc(C)cc1)C(C)C. The number of aliphatic hydroxyl groups is 1. The van der Waals surface area contributed by atoms with Crippen molar-refractivity contribution in [2.45, 2.75) is 52.6 Å². The maximum atomic E-state index is 12.4. The number of aryl methyl sites for hydroxylation is 1. The van der Waals surface area contributed by atoms with Crippen molar-refractivity contribution < 1.29 is 14.7 Å².